The fraction of sp³-hybridized carbons (Fsp3) is 0.429. The van der Waals surface area contributed by atoms with Crippen molar-refractivity contribution in [1.29, 1.82) is 0 Å². The number of hydrogen-bond acceptors (Lipinski definition) is 4. The SMILES string of the molecule is CCCNC(c1cnn(C)c1)c1ncccc1OC. The molecular formula is C14H20N4O. The monoisotopic (exact) mass is 260 g/mol. The van der Waals surface area contributed by atoms with Crippen LogP contribution in [0.4, 0.5) is 0 Å². The van der Waals surface area contributed by atoms with Crippen molar-refractivity contribution in [2.75, 3.05) is 13.7 Å². The minimum atomic E-state index is 0.00444. The molecule has 1 unspecified atom stereocenters. The predicted octanol–water partition coefficient (Wildman–Crippen LogP) is 1.91. The number of nitrogens with zero attached hydrogens (tertiary/aromatic N) is 3. The normalized spacial score (nSPS) is 12.4. The van der Waals surface area contributed by atoms with Gasteiger partial charge in [-0.25, -0.2) is 0 Å². The zero-order chi connectivity index (χ0) is 13.7. The molecule has 2 aromatic heterocycles. The average molecular weight is 260 g/mol. The molecule has 2 aromatic rings. The third-order valence-electron chi connectivity index (χ3n) is 2.95. The Balaban J connectivity index is 2.36. The summed E-state index contributed by atoms with van der Waals surface area (Å²) in [5.74, 6) is 0.792. The predicted molar refractivity (Wildman–Crippen MR) is 74.1 cm³/mol. The van der Waals surface area contributed by atoms with Gasteiger partial charge in [0.25, 0.3) is 0 Å². The third-order valence-corrected chi connectivity index (χ3v) is 2.95. The van der Waals surface area contributed by atoms with Gasteiger partial charge in [0.1, 0.15) is 11.4 Å². The van der Waals surface area contributed by atoms with E-state index in [9.17, 15) is 0 Å². The second-order valence-corrected chi connectivity index (χ2v) is 4.43. The number of aromatic nitrogens is 3. The molecule has 2 rings (SSSR count). The number of pyridine rings is 1. The zero-order valence-corrected chi connectivity index (χ0v) is 11.6. The molecule has 0 aliphatic heterocycles. The van der Waals surface area contributed by atoms with Gasteiger partial charge >= 0.3 is 0 Å². The van der Waals surface area contributed by atoms with E-state index in [0.717, 1.165) is 30.0 Å². The van der Waals surface area contributed by atoms with Crippen LogP contribution in [0.5, 0.6) is 5.75 Å². The summed E-state index contributed by atoms with van der Waals surface area (Å²) in [5.41, 5.74) is 1.99. The van der Waals surface area contributed by atoms with Gasteiger partial charge in [0.15, 0.2) is 0 Å². The van der Waals surface area contributed by atoms with Crippen molar-refractivity contribution in [3.05, 3.63) is 42.0 Å². The van der Waals surface area contributed by atoms with Crippen molar-refractivity contribution in [1.82, 2.24) is 20.1 Å². The minimum Gasteiger partial charge on any atom is -0.495 e. The molecule has 1 N–H and O–H groups in total. The van der Waals surface area contributed by atoms with Gasteiger partial charge in [0.05, 0.1) is 19.3 Å². The Morgan fingerprint density at radius 1 is 1.47 bits per heavy atom. The Labute approximate surface area is 113 Å². The number of nitrogens with one attached hydrogen (secondary N) is 1. The Kier molecular flexibility index (Phi) is 4.52. The number of hydrogen-bond donors (Lipinski definition) is 1. The molecule has 0 aromatic carbocycles. The fourth-order valence-corrected chi connectivity index (χ4v) is 2.04. The van der Waals surface area contributed by atoms with Crippen molar-refractivity contribution >= 4 is 0 Å². The summed E-state index contributed by atoms with van der Waals surface area (Å²) in [4.78, 5) is 4.46. The van der Waals surface area contributed by atoms with Crippen LogP contribution in [-0.2, 0) is 7.05 Å². The van der Waals surface area contributed by atoms with E-state index >= 15 is 0 Å². The lowest BCUT2D eigenvalue weighted by molar-refractivity contribution is 0.399. The van der Waals surface area contributed by atoms with Crippen molar-refractivity contribution < 1.29 is 4.74 Å². The quantitative estimate of drug-likeness (QED) is 0.862. The molecule has 0 saturated heterocycles. The molecular weight excluding hydrogens is 240 g/mol. The van der Waals surface area contributed by atoms with Crippen molar-refractivity contribution in [3.8, 4) is 5.75 Å². The van der Waals surface area contributed by atoms with Crippen LogP contribution in [-0.4, -0.2) is 28.4 Å². The van der Waals surface area contributed by atoms with Gasteiger partial charge in [-0.05, 0) is 25.1 Å². The molecule has 19 heavy (non-hydrogen) atoms. The number of rotatable bonds is 6. The van der Waals surface area contributed by atoms with E-state index in [2.05, 4.69) is 22.3 Å². The van der Waals surface area contributed by atoms with Crippen molar-refractivity contribution in [2.45, 2.75) is 19.4 Å². The molecule has 102 valence electrons. The highest BCUT2D eigenvalue weighted by Crippen LogP contribution is 2.27. The van der Waals surface area contributed by atoms with Gasteiger partial charge in [-0.1, -0.05) is 6.92 Å². The Hall–Kier alpha value is -1.88. The van der Waals surface area contributed by atoms with Crippen molar-refractivity contribution in [3.63, 3.8) is 0 Å². The largest absolute Gasteiger partial charge is 0.495 e. The highest BCUT2D eigenvalue weighted by atomic mass is 16.5. The van der Waals surface area contributed by atoms with Gasteiger partial charge in [0, 0.05) is 25.0 Å². The molecule has 0 bridgehead atoms. The van der Waals surface area contributed by atoms with E-state index in [1.165, 1.54) is 0 Å². The highest BCUT2D eigenvalue weighted by molar-refractivity contribution is 5.35. The fourth-order valence-electron chi connectivity index (χ4n) is 2.04. The summed E-state index contributed by atoms with van der Waals surface area (Å²) in [5, 5.41) is 7.73. The van der Waals surface area contributed by atoms with Crippen LogP contribution in [0.3, 0.4) is 0 Å². The average Bonchev–Trinajstić information content (AvgIpc) is 2.86. The summed E-state index contributed by atoms with van der Waals surface area (Å²) in [6.07, 6.45) is 6.71. The summed E-state index contributed by atoms with van der Waals surface area (Å²) in [6.45, 7) is 3.06. The Morgan fingerprint density at radius 3 is 2.95 bits per heavy atom. The first-order chi connectivity index (χ1) is 9.26. The molecule has 0 amide bonds. The first-order valence-corrected chi connectivity index (χ1v) is 6.47. The van der Waals surface area contributed by atoms with E-state index in [1.54, 1.807) is 18.0 Å². The Bertz CT molecular complexity index is 524. The van der Waals surface area contributed by atoms with Gasteiger partial charge < -0.3 is 10.1 Å². The lowest BCUT2D eigenvalue weighted by Gasteiger charge is -2.18. The van der Waals surface area contributed by atoms with Crippen LogP contribution in [0.2, 0.25) is 0 Å². The van der Waals surface area contributed by atoms with Gasteiger partial charge in [-0.3, -0.25) is 9.67 Å². The van der Waals surface area contributed by atoms with Gasteiger partial charge in [-0.2, -0.15) is 5.10 Å². The maximum absolute atomic E-state index is 5.40. The van der Waals surface area contributed by atoms with E-state index in [0.29, 0.717) is 0 Å². The molecule has 0 aliphatic rings. The summed E-state index contributed by atoms with van der Waals surface area (Å²) in [7, 11) is 3.58. The smallest absolute Gasteiger partial charge is 0.142 e. The molecule has 0 saturated carbocycles. The van der Waals surface area contributed by atoms with Gasteiger partial charge in [0.2, 0.25) is 0 Å². The standard InChI is InChI=1S/C14H20N4O/c1-4-7-15-13(11-9-17-18(2)10-11)14-12(19-3)6-5-8-16-14/h5-6,8-10,13,15H,4,7H2,1-3H3. The van der Waals surface area contributed by atoms with E-state index in [4.69, 9.17) is 4.74 Å². The molecule has 0 spiro atoms. The number of ether oxygens (including phenoxy) is 1. The topological polar surface area (TPSA) is 52.0 Å². The van der Waals surface area contributed by atoms with E-state index in [-0.39, 0.29) is 6.04 Å². The summed E-state index contributed by atoms with van der Waals surface area (Å²) in [6, 6.07) is 3.81. The second-order valence-electron chi connectivity index (χ2n) is 4.43. The molecule has 0 radical (unpaired) electrons. The van der Waals surface area contributed by atoms with Crippen LogP contribution in [0.15, 0.2) is 30.7 Å². The molecule has 0 aliphatic carbocycles. The van der Waals surface area contributed by atoms with Gasteiger partial charge in [-0.15, -0.1) is 0 Å². The summed E-state index contributed by atoms with van der Waals surface area (Å²) >= 11 is 0. The first kappa shape index (κ1) is 13.5. The van der Waals surface area contributed by atoms with Crippen LogP contribution in [0, 0.1) is 0 Å². The number of aryl methyl sites for hydroxylation is 1. The molecule has 1 atom stereocenters. The molecule has 0 fully saturated rings. The van der Waals surface area contributed by atoms with E-state index < -0.39 is 0 Å². The zero-order valence-electron chi connectivity index (χ0n) is 11.6. The lowest BCUT2D eigenvalue weighted by Crippen LogP contribution is -2.24. The highest BCUT2D eigenvalue weighted by Gasteiger charge is 2.20. The lowest BCUT2D eigenvalue weighted by atomic mass is 10.1. The third kappa shape index (κ3) is 3.12. The first-order valence-electron chi connectivity index (χ1n) is 6.47. The van der Waals surface area contributed by atoms with Crippen LogP contribution in [0.1, 0.15) is 30.6 Å². The molecule has 5 heteroatoms. The van der Waals surface area contributed by atoms with Crippen molar-refractivity contribution in [2.24, 2.45) is 7.05 Å². The maximum atomic E-state index is 5.40. The molecule has 2 heterocycles. The Morgan fingerprint density at radius 2 is 2.32 bits per heavy atom. The van der Waals surface area contributed by atoms with Crippen LogP contribution < -0.4 is 10.1 Å². The number of methoxy groups -OCH3 is 1. The van der Waals surface area contributed by atoms with E-state index in [1.807, 2.05) is 31.6 Å². The second kappa shape index (κ2) is 6.33. The minimum absolute atomic E-state index is 0.00444. The van der Waals surface area contributed by atoms with Crippen LogP contribution >= 0.6 is 0 Å². The summed E-state index contributed by atoms with van der Waals surface area (Å²) < 4.78 is 7.20. The maximum Gasteiger partial charge on any atom is 0.142 e. The molecule has 5 nitrogen and oxygen atoms in total. The van der Waals surface area contributed by atoms with Crippen LogP contribution in [0.25, 0.3) is 0 Å².